The number of alkyl halides is 4. The van der Waals surface area contributed by atoms with Crippen LogP contribution in [0.3, 0.4) is 0 Å². The molecule has 0 radical (unpaired) electrons. The molecule has 1 amide bonds. The number of piperidine rings is 1. The lowest BCUT2D eigenvalue weighted by Gasteiger charge is -2.29. The molecular formula is C30H31F4N7O3. The highest BCUT2D eigenvalue weighted by Crippen LogP contribution is 2.36. The van der Waals surface area contributed by atoms with E-state index in [1.54, 1.807) is 36.4 Å². The maximum Gasteiger partial charge on any atom is 0.406 e. The fourth-order valence-corrected chi connectivity index (χ4v) is 5.47. The van der Waals surface area contributed by atoms with Gasteiger partial charge in [0, 0.05) is 49.2 Å². The van der Waals surface area contributed by atoms with Crippen molar-refractivity contribution in [3.05, 3.63) is 60.0 Å². The van der Waals surface area contributed by atoms with E-state index in [1.807, 2.05) is 18.0 Å². The van der Waals surface area contributed by atoms with Crippen molar-refractivity contribution in [1.29, 1.82) is 0 Å². The largest absolute Gasteiger partial charge is 0.406 e. The van der Waals surface area contributed by atoms with Crippen LogP contribution >= 0.6 is 0 Å². The van der Waals surface area contributed by atoms with Gasteiger partial charge in [-0.05, 0) is 43.4 Å². The van der Waals surface area contributed by atoms with Crippen LogP contribution in [0.1, 0.15) is 22.7 Å². The van der Waals surface area contributed by atoms with Crippen molar-refractivity contribution in [2.45, 2.75) is 31.9 Å². The van der Waals surface area contributed by atoms with Gasteiger partial charge in [-0.3, -0.25) is 9.79 Å². The smallest absolute Gasteiger partial charge is 0.378 e. The van der Waals surface area contributed by atoms with Gasteiger partial charge in [-0.15, -0.1) is 0 Å². The fourth-order valence-electron chi connectivity index (χ4n) is 5.47. The fraction of sp³-hybridized carbons (Fsp3) is 0.400. The van der Waals surface area contributed by atoms with Crippen LogP contribution in [0.25, 0.3) is 22.4 Å². The van der Waals surface area contributed by atoms with Crippen molar-refractivity contribution >= 4 is 33.9 Å². The molecule has 4 heterocycles. The van der Waals surface area contributed by atoms with E-state index in [-0.39, 0.29) is 41.9 Å². The molecule has 0 saturated carbocycles. The maximum absolute atomic E-state index is 14.7. The van der Waals surface area contributed by atoms with Gasteiger partial charge in [-0.25, -0.2) is 4.39 Å². The maximum atomic E-state index is 14.7. The van der Waals surface area contributed by atoms with E-state index < -0.39 is 18.9 Å². The number of aromatic nitrogens is 3. The summed E-state index contributed by atoms with van der Waals surface area (Å²) in [5, 5.41) is 7.06. The molecule has 2 aliphatic heterocycles. The second kappa shape index (κ2) is 12.4. The zero-order chi connectivity index (χ0) is 30.8. The van der Waals surface area contributed by atoms with Crippen molar-refractivity contribution in [3.63, 3.8) is 0 Å². The van der Waals surface area contributed by atoms with Gasteiger partial charge in [0.05, 0.1) is 42.4 Å². The average Bonchev–Trinajstić information content (AvgIpc) is 3.62. The van der Waals surface area contributed by atoms with E-state index in [4.69, 9.17) is 9.26 Å². The minimum Gasteiger partial charge on any atom is -0.378 e. The lowest BCUT2D eigenvalue weighted by atomic mass is 10.1. The molecule has 232 valence electrons. The summed E-state index contributed by atoms with van der Waals surface area (Å²) in [6.07, 6.45) is -5.39. The Morgan fingerprint density at radius 3 is 2.68 bits per heavy atom. The van der Waals surface area contributed by atoms with Crippen LogP contribution in [0.5, 0.6) is 0 Å². The number of anilines is 1. The third kappa shape index (κ3) is 6.60. The Labute approximate surface area is 250 Å². The number of benzene rings is 2. The topological polar surface area (TPSA) is 101 Å². The lowest BCUT2D eigenvalue weighted by Crippen LogP contribution is -2.39. The van der Waals surface area contributed by atoms with Crippen LogP contribution in [-0.4, -0.2) is 90.0 Å². The quantitative estimate of drug-likeness (QED) is 0.300. The number of hydrogen-bond donors (Lipinski definition) is 1. The highest BCUT2D eigenvalue weighted by molar-refractivity contribution is 5.99. The number of fused-ring (bicyclic) bond motifs is 1. The first-order chi connectivity index (χ1) is 21.1. The normalized spacial score (nSPS) is 19.2. The molecule has 6 rings (SSSR count). The van der Waals surface area contributed by atoms with Gasteiger partial charge in [0.25, 0.3) is 5.91 Å². The summed E-state index contributed by atoms with van der Waals surface area (Å²) >= 11 is 0. The Morgan fingerprint density at radius 1 is 1.11 bits per heavy atom. The number of carbonyl (C=O) groups is 1. The van der Waals surface area contributed by atoms with E-state index in [1.165, 1.54) is 6.07 Å². The average molecular weight is 614 g/mol. The standard InChI is InChI=1S/C30H31F4N7O3/c1-39-9-8-24(22(31)17-39)36-23-6-3-7-25-21(23)15-26(41(25)18-30(32,33)34)28-37-27(44-38-28)16-35-29(42)19-4-2-5-20(14-19)40-10-12-43-13-11-40/h2-7,14-15,22H,8-13,16-18H2,1H3,(H,35,42)/t22-/m0/s1. The molecule has 0 bridgehead atoms. The van der Waals surface area contributed by atoms with Gasteiger partial charge in [-0.2, -0.15) is 18.2 Å². The zero-order valence-electron chi connectivity index (χ0n) is 24.0. The van der Waals surface area contributed by atoms with E-state index in [2.05, 4.69) is 25.3 Å². The van der Waals surface area contributed by atoms with Crippen molar-refractivity contribution < 1.29 is 31.6 Å². The number of hydrogen-bond acceptors (Lipinski definition) is 8. The van der Waals surface area contributed by atoms with Crippen molar-refractivity contribution in [2.24, 2.45) is 4.99 Å². The summed E-state index contributed by atoms with van der Waals surface area (Å²) in [5.74, 6) is -0.422. The highest BCUT2D eigenvalue weighted by Gasteiger charge is 2.31. The predicted molar refractivity (Wildman–Crippen MR) is 156 cm³/mol. The molecule has 0 spiro atoms. The number of ether oxygens (including phenoxy) is 1. The van der Waals surface area contributed by atoms with Gasteiger partial charge in [0.2, 0.25) is 11.7 Å². The Morgan fingerprint density at radius 2 is 1.91 bits per heavy atom. The molecule has 4 aromatic rings. The van der Waals surface area contributed by atoms with Gasteiger partial charge >= 0.3 is 6.18 Å². The van der Waals surface area contributed by atoms with Crippen molar-refractivity contribution in [1.82, 2.24) is 24.9 Å². The summed E-state index contributed by atoms with van der Waals surface area (Å²) in [6, 6.07) is 13.5. The number of nitrogens with zero attached hydrogens (tertiary/aromatic N) is 6. The van der Waals surface area contributed by atoms with Gasteiger partial charge in [0.15, 0.2) is 6.17 Å². The number of nitrogens with one attached hydrogen (secondary N) is 1. The van der Waals surface area contributed by atoms with Crippen LogP contribution < -0.4 is 10.2 Å². The predicted octanol–water partition coefficient (Wildman–Crippen LogP) is 4.77. The Hall–Kier alpha value is -4.30. The summed E-state index contributed by atoms with van der Waals surface area (Å²) in [5.41, 5.74) is 2.37. The molecule has 0 unspecified atom stereocenters. The first-order valence-electron chi connectivity index (χ1n) is 14.3. The second-order valence-electron chi connectivity index (χ2n) is 10.9. The Balaban J connectivity index is 1.24. The minimum absolute atomic E-state index is 0.0218. The second-order valence-corrected chi connectivity index (χ2v) is 10.9. The number of morpholine rings is 1. The van der Waals surface area contributed by atoms with Gasteiger partial charge in [0.1, 0.15) is 6.54 Å². The monoisotopic (exact) mass is 613 g/mol. The van der Waals surface area contributed by atoms with E-state index in [0.29, 0.717) is 48.5 Å². The molecule has 1 atom stereocenters. The van der Waals surface area contributed by atoms with Crippen LogP contribution in [-0.2, 0) is 17.8 Å². The lowest BCUT2D eigenvalue weighted by molar-refractivity contribution is -0.139. The molecule has 2 fully saturated rings. The molecule has 10 nitrogen and oxygen atoms in total. The molecule has 2 aromatic carbocycles. The first kappa shape index (κ1) is 29.8. The van der Waals surface area contributed by atoms with E-state index in [9.17, 15) is 22.4 Å². The Bertz CT molecular complexity index is 1680. The van der Waals surface area contributed by atoms with Crippen LogP contribution in [0, 0.1) is 0 Å². The van der Waals surface area contributed by atoms with Gasteiger partial charge < -0.3 is 28.9 Å². The van der Waals surface area contributed by atoms with Crippen molar-refractivity contribution in [3.8, 4) is 11.5 Å². The number of rotatable bonds is 7. The van der Waals surface area contributed by atoms with Crippen molar-refractivity contribution in [2.75, 3.05) is 51.3 Å². The summed E-state index contributed by atoms with van der Waals surface area (Å²) < 4.78 is 67.6. The number of likely N-dealkylation sites (tertiary alicyclic amines) is 1. The van der Waals surface area contributed by atoms with Crippen LogP contribution in [0.4, 0.5) is 28.9 Å². The SMILES string of the molecule is CN1CCC(=Nc2cccc3c2cc(-c2noc(CNC(=O)c4cccc(N5CCOCC5)c4)n2)n3CC(F)(F)F)[C@@H](F)C1. The molecule has 14 heteroatoms. The molecule has 1 N–H and O–H groups in total. The molecule has 44 heavy (non-hydrogen) atoms. The van der Waals surface area contributed by atoms with E-state index >= 15 is 0 Å². The number of aliphatic imine (C=N–C) groups is 1. The third-order valence-corrected chi connectivity index (χ3v) is 7.69. The molecular weight excluding hydrogens is 582 g/mol. The third-order valence-electron chi connectivity index (χ3n) is 7.69. The number of amides is 1. The summed E-state index contributed by atoms with van der Waals surface area (Å²) in [6.45, 7) is 2.09. The minimum atomic E-state index is -4.54. The molecule has 2 aliphatic rings. The van der Waals surface area contributed by atoms with Crippen LogP contribution in [0.15, 0.2) is 58.0 Å². The highest BCUT2D eigenvalue weighted by atomic mass is 19.4. The number of halogens is 4. The zero-order valence-corrected chi connectivity index (χ0v) is 24.0. The Kier molecular flexibility index (Phi) is 8.36. The summed E-state index contributed by atoms with van der Waals surface area (Å²) in [4.78, 5) is 25.7. The van der Waals surface area contributed by atoms with E-state index in [0.717, 1.165) is 23.3 Å². The van der Waals surface area contributed by atoms with Gasteiger partial charge in [-0.1, -0.05) is 17.3 Å². The first-order valence-corrected chi connectivity index (χ1v) is 14.3. The summed E-state index contributed by atoms with van der Waals surface area (Å²) in [7, 11) is 1.82. The van der Waals surface area contributed by atoms with Crippen LogP contribution in [0.2, 0.25) is 0 Å². The number of carbonyl (C=O) groups excluding carboxylic acids is 1. The molecule has 2 aromatic heterocycles. The molecule has 2 saturated heterocycles. The molecule has 0 aliphatic carbocycles.